The summed E-state index contributed by atoms with van der Waals surface area (Å²) < 4.78 is 0. The molecule has 7 nitrogen and oxygen atoms in total. The van der Waals surface area contributed by atoms with E-state index in [9.17, 15) is 14.4 Å². The van der Waals surface area contributed by atoms with Gasteiger partial charge in [-0.25, -0.2) is 4.79 Å². The molecule has 4 amide bonds. The number of imide groups is 1. The molecule has 0 atom stereocenters. The minimum Gasteiger partial charge on any atom is -0.376 e. The van der Waals surface area contributed by atoms with Crippen LogP contribution in [-0.2, 0) is 16.0 Å². The predicted octanol–water partition coefficient (Wildman–Crippen LogP) is 2.08. The van der Waals surface area contributed by atoms with Gasteiger partial charge in [-0.15, -0.1) is 0 Å². The summed E-state index contributed by atoms with van der Waals surface area (Å²) in [6.45, 7) is -0.0879. The Kier molecular flexibility index (Phi) is 6.73. The average molecular weight is 354 g/mol. The van der Waals surface area contributed by atoms with Gasteiger partial charge in [0.15, 0.2) is 0 Å². The van der Waals surface area contributed by atoms with Gasteiger partial charge in [0.25, 0.3) is 0 Å². The maximum atomic E-state index is 11.9. The summed E-state index contributed by atoms with van der Waals surface area (Å²) in [4.78, 5) is 37.1. The SMILES string of the molecule is CN(C)C(=O)Cc1ccccc1NCC(=O)NC(=O)Nc1ccccc1. The minimum absolute atomic E-state index is 0.0362. The average Bonchev–Trinajstić information content (AvgIpc) is 2.61. The first kappa shape index (κ1) is 19.0. The fourth-order valence-electron chi connectivity index (χ4n) is 2.20. The molecule has 0 fully saturated rings. The van der Waals surface area contributed by atoms with Crippen molar-refractivity contribution in [3.8, 4) is 0 Å². The predicted molar refractivity (Wildman–Crippen MR) is 101 cm³/mol. The third-order valence-corrected chi connectivity index (χ3v) is 3.58. The Labute approximate surface area is 152 Å². The molecule has 0 aliphatic rings. The van der Waals surface area contributed by atoms with E-state index in [4.69, 9.17) is 0 Å². The molecule has 0 radical (unpaired) electrons. The minimum atomic E-state index is -0.598. The fraction of sp³-hybridized carbons (Fsp3) is 0.211. The molecule has 0 heterocycles. The van der Waals surface area contributed by atoms with Crippen LogP contribution < -0.4 is 16.0 Å². The first-order valence-corrected chi connectivity index (χ1v) is 8.13. The van der Waals surface area contributed by atoms with Gasteiger partial charge in [0.2, 0.25) is 11.8 Å². The normalized spacial score (nSPS) is 9.92. The van der Waals surface area contributed by atoms with E-state index in [2.05, 4.69) is 16.0 Å². The molecule has 2 rings (SSSR count). The first-order valence-electron chi connectivity index (χ1n) is 8.13. The van der Waals surface area contributed by atoms with E-state index < -0.39 is 11.9 Å². The van der Waals surface area contributed by atoms with Gasteiger partial charge < -0.3 is 15.5 Å². The number of amides is 4. The standard InChI is InChI=1S/C19H22N4O3/c1-23(2)18(25)12-14-8-6-7-11-16(14)20-13-17(24)22-19(26)21-15-9-4-3-5-10-15/h3-11,20H,12-13H2,1-2H3,(H2,21,22,24,26). The van der Waals surface area contributed by atoms with Gasteiger partial charge in [-0.2, -0.15) is 0 Å². The van der Waals surface area contributed by atoms with Gasteiger partial charge in [-0.05, 0) is 23.8 Å². The van der Waals surface area contributed by atoms with Crippen molar-refractivity contribution in [2.75, 3.05) is 31.3 Å². The topological polar surface area (TPSA) is 90.5 Å². The molecule has 136 valence electrons. The molecule has 0 bridgehead atoms. The highest BCUT2D eigenvalue weighted by molar-refractivity contribution is 6.02. The van der Waals surface area contributed by atoms with E-state index in [0.717, 1.165) is 5.56 Å². The summed E-state index contributed by atoms with van der Waals surface area (Å²) in [6.07, 6.45) is 0.228. The highest BCUT2D eigenvalue weighted by Gasteiger charge is 2.11. The van der Waals surface area contributed by atoms with E-state index in [1.807, 2.05) is 24.3 Å². The molecule has 7 heteroatoms. The molecule has 0 saturated heterocycles. The number of hydrogen-bond donors (Lipinski definition) is 3. The quantitative estimate of drug-likeness (QED) is 0.741. The molecule has 0 aromatic heterocycles. The summed E-state index contributed by atoms with van der Waals surface area (Å²) in [7, 11) is 3.38. The number of nitrogens with one attached hydrogen (secondary N) is 3. The van der Waals surface area contributed by atoms with Crippen LogP contribution in [0, 0.1) is 0 Å². The Bertz CT molecular complexity index is 775. The van der Waals surface area contributed by atoms with E-state index in [1.54, 1.807) is 44.4 Å². The van der Waals surface area contributed by atoms with E-state index in [0.29, 0.717) is 11.4 Å². The van der Waals surface area contributed by atoms with Crippen molar-refractivity contribution in [1.82, 2.24) is 10.2 Å². The molecular weight excluding hydrogens is 332 g/mol. The summed E-state index contributed by atoms with van der Waals surface area (Å²) in [6, 6.07) is 15.5. The highest BCUT2D eigenvalue weighted by Crippen LogP contribution is 2.16. The van der Waals surface area contributed by atoms with Crippen LogP contribution in [0.4, 0.5) is 16.2 Å². The van der Waals surface area contributed by atoms with Crippen molar-refractivity contribution in [2.45, 2.75) is 6.42 Å². The number of hydrogen-bond acceptors (Lipinski definition) is 4. The largest absolute Gasteiger partial charge is 0.376 e. The Morgan fingerprint density at radius 3 is 2.27 bits per heavy atom. The maximum absolute atomic E-state index is 11.9. The Morgan fingerprint density at radius 2 is 1.58 bits per heavy atom. The van der Waals surface area contributed by atoms with Crippen LogP contribution in [0.25, 0.3) is 0 Å². The lowest BCUT2D eigenvalue weighted by atomic mass is 10.1. The summed E-state index contributed by atoms with van der Waals surface area (Å²) in [5.41, 5.74) is 2.06. The number of carbonyl (C=O) groups excluding carboxylic acids is 3. The number of carbonyl (C=O) groups is 3. The van der Waals surface area contributed by atoms with Crippen molar-refractivity contribution < 1.29 is 14.4 Å². The van der Waals surface area contributed by atoms with E-state index in [-0.39, 0.29) is 18.9 Å². The molecule has 0 unspecified atom stereocenters. The van der Waals surface area contributed by atoms with E-state index in [1.165, 1.54) is 4.90 Å². The monoisotopic (exact) mass is 354 g/mol. The van der Waals surface area contributed by atoms with Gasteiger partial charge in [-0.3, -0.25) is 14.9 Å². The van der Waals surface area contributed by atoms with Crippen molar-refractivity contribution in [2.24, 2.45) is 0 Å². The van der Waals surface area contributed by atoms with Crippen LogP contribution in [0.3, 0.4) is 0 Å². The zero-order valence-corrected chi connectivity index (χ0v) is 14.8. The summed E-state index contributed by atoms with van der Waals surface area (Å²) >= 11 is 0. The van der Waals surface area contributed by atoms with E-state index >= 15 is 0 Å². The summed E-state index contributed by atoms with van der Waals surface area (Å²) in [5.74, 6) is -0.516. The molecule has 0 saturated carbocycles. The second-order valence-corrected chi connectivity index (χ2v) is 5.84. The lowest BCUT2D eigenvalue weighted by Gasteiger charge is -2.14. The summed E-state index contributed by atoms with van der Waals surface area (Å²) in [5, 5.41) is 7.79. The zero-order chi connectivity index (χ0) is 18.9. The number of nitrogens with zero attached hydrogens (tertiary/aromatic N) is 1. The second kappa shape index (κ2) is 9.22. The van der Waals surface area contributed by atoms with Crippen LogP contribution in [-0.4, -0.2) is 43.4 Å². The van der Waals surface area contributed by atoms with Crippen molar-refractivity contribution in [3.05, 3.63) is 60.2 Å². The van der Waals surface area contributed by atoms with Gasteiger partial charge in [0.1, 0.15) is 0 Å². The molecule has 0 aliphatic carbocycles. The number of urea groups is 1. The molecule has 26 heavy (non-hydrogen) atoms. The van der Waals surface area contributed by atoms with Crippen molar-refractivity contribution in [3.63, 3.8) is 0 Å². The molecule has 3 N–H and O–H groups in total. The van der Waals surface area contributed by atoms with Gasteiger partial charge in [0, 0.05) is 25.5 Å². The van der Waals surface area contributed by atoms with Gasteiger partial charge >= 0.3 is 6.03 Å². The number of benzene rings is 2. The maximum Gasteiger partial charge on any atom is 0.325 e. The lowest BCUT2D eigenvalue weighted by molar-refractivity contribution is -0.128. The number of rotatable bonds is 6. The van der Waals surface area contributed by atoms with Crippen LogP contribution in [0.15, 0.2) is 54.6 Å². The Hall–Kier alpha value is -3.35. The number of anilines is 2. The smallest absolute Gasteiger partial charge is 0.325 e. The van der Waals surface area contributed by atoms with Crippen LogP contribution in [0.5, 0.6) is 0 Å². The lowest BCUT2D eigenvalue weighted by Crippen LogP contribution is -2.38. The second-order valence-electron chi connectivity index (χ2n) is 5.84. The molecule has 2 aromatic carbocycles. The Morgan fingerprint density at radius 1 is 0.923 bits per heavy atom. The van der Waals surface area contributed by atoms with Gasteiger partial charge in [-0.1, -0.05) is 36.4 Å². The van der Waals surface area contributed by atoms with Crippen LogP contribution in [0.1, 0.15) is 5.56 Å². The van der Waals surface area contributed by atoms with Crippen molar-refractivity contribution >= 4 is 29.2 Å². The highest BCUT2D eigenvalue weighted by atomic mass is 16.2. The molecule has 0 spiro atoms. The van der Waals surface area contributed by atoms with Crippen LogP contribution in [0.2, 0.25) is 0 Å². The molecule has 0 aliphatic heterocycles. The first-order chi connectivity index (χ1) is 12.5. The molecular formula is C19H22N4O3. The zero-order valence-electron chi connectivity index (χ0n) is 14.8. The number of likely N-dealkylation sites (N-methyl/N-ethyl adjacent to an activating group) is 1. The Balaban J connectivity index is 1.87. The van der Waals surface area contributed by atoms with Crippen LogP contribution >= 0.6 is 0 Å². The third kappa shape index (κ3) is 5.94. The number of para-hydroxylation sites is 2. The van der Waals surface area contributed by atoms with Gasteiger partial charge in [0.05, 0.1) is 13.0 Å². The third-order valence-electron chi connectivity index (χ3n) is 3.58. The fourth-order valence-corrected chi connectivity index (χ4v) is 2.20. The van der Waals surface area contributed by atoms with Crippen molar-refractivity contribution in [1.29, 1.82) is 0 Å². The molecule has 2 aromatic rings.